The van der Waals surface area contributed by atoms with Gasteiger partial charge in [-0.3, -0.25) is 4.99 Å². The number of rotatable bonds is 7. The van der Waals surface area contributed by atoms with Crippen LogP contribution < -0.4 is 10.6 Å². The van der Waals surface area contributed by atoms with Gasteiger partial charge in [0, 0.05) is 32.8 Å². The summed E-state index contributed by atoms with van der Waals surface area (Å²) in [5.41, 5.74) is 3.10. The molecule has 5 nitrogen and oxygen atoms in total. The maximum Gasteiger partial charge on any atom is 0.190 e. The van der Waals surface area contributed by atoms with Crippen molar-refractivity contribution in [2.45, 2.75) is 12.8 Å². The fourth-order valence-electron chi connectivity index (χ4n) is 2.73. The normalized spacial score (nSPS) is 11.4. The van der Waals surface area contributed by atoms with Crippen molar-refractivity contribution in [3.05, 3.63) is 83.9 Å². The number of hydrogen-bond donors (Lipinski definition) is 2. The Bertz CT molecular complexity index is 856. The van der Waals surface area contributed by atoms with E-state index in [-0.39, 0.29) is 5.82 Å². The zero-order chi connectivity index (χ0) is 18.9. The van der Waals surface area contributed by atoms with Crippen LogP contribution >= 0.6 is 0 Å². The summed E-state index contributed by atoms with van der Waals surface area (Å²) in [6.07, 6.45) is 3.60. The van der Waals surface area contributed by atoms with Gasteiger partial charge in [-0.2, -0.15) is 5.10 Å². The number of hydrogen-bond acceptors (Lipinski definition) is 2. The van der Waals surface area contributed by atoms with Crippen LogP contribution in [0, 0.1) is 5.82 Å². The van der Waals surface area contributed by atoms with E-state index in [0.717, 1.165) is 43.3 Å². The van der Waals surface area contributed by atoms with Gasteiger partial charge >= 0.3 is 0 Å². The minimum atomic E-state index is -0.249. The molecule has 0 unspecified atom stereocenters. The number of guanidine groups is 1. The van der Waals surface area contributed by atoms with Crippen LogP contribution in [0.5, 0.6) is 0 Å². The molecule has 0 atom stereocenters. The van der Waals surface area contributed by atoms with E-state index in [1.807, 2.05) is 30.5 Å². The fraction of sp³-hybridized carbons (Fsp3) is 0.238. The van der Waals surface area contributed by atoms with Gasteiger partial charge < -0.3 is 10.6 Å². The zero-order valence-electron chi connectivity index (χ0n) is 15.4. The molecule has 3 aromatic rings. The molecule has 2 N–H and O–H groups in total. The summed E-state index contributed by atoms with van der Waals surface area (Å²) in [6, 6.07) is 18.6. The molecule has 1 aromatic heterocycles. The second-order valence-corrected chi connectivity index (χ2v) is 6.14. The second-order valence-electron chi connectivity index (χ2n) is 6.14. The van der Waals surface area contributed by atoms with Crippen LogP contribution in [0.4, 0.5) is 4.39 Å². The molecule has 27 heavy (non-hydrogen) atoms. The van der Waals surface area contributed by atoms with Crippen molar-refractivity contribution in [2.75, 3.05) is 20.1 Å². The van der Waals surface area contributed by atoms with Crippen LogP contribution in [0.1, 0.15) is 11.3 Å². The summed E-state index contributed by atoms with van der Waals surface area (Å²) in [4.78, 5) is 4.24. The van der Waals surface area contributed by atoms with E-state index in [1.165, 1.54) is 17.7 Å². The van der Waals surface area contributed by atoms with E-state index in [2.05, 4.69) is 32.9 Å². The lowest BCUT2D eigenvalue weighted by Gasteiger charge is -2.11. The van der Waals surface area contributed by atoms with Crippen molar-refractivity contribution in [1.82, 2.24) is 20.4 Å². The zero-order valence-corrected chi connectivity index (χ0v) is 15.4. The predicted octanol–water partition coefficient (Wildman–Crippen LogP) is 2.96. The lowest BCUT2D eigenvalue weighted by Crippen LogP contribution is -2.39. The number of aliphatic imine (C=N–C) groups is 1. The summed E-state index contributed by atoms with van der Waals surface area (Å²) < 4.78 is 14.8. The largest absolute Gasteiger partial charge is 0.356 e. The van der Waals surface area contributed by atoms with E-state index in [9.17, 15) is 4.39 Å². The summed E-state index contributed by atoms with van der Waals surface area (Å²) in [6.45, 7) is 1.55. The van der Waals surface area contributed by atoms with Crippen LogP contribution in [-0.4, -0.2) is 35.9 Å². The molecule has 6 heteroatoms. The van der Waals surface area contributed by atoms with E-state index in [1.54, 1.807) is 23.9 Å². The molecule has 0 fully saturated rings. The Kier molecular flexibility index (Phi) is 6.57. The van der Waals surface area contributed by atoms with Gasteiger partial charge in [0.1, 0.15) is 5.82 Å². The SMILES string of the molecule is CN=C(NCCc1ccccc1)NCCc1ccn(-c2ccc(F)cc2)n1. The molecule has 0 amide bonds. The van der Waals surface area contributed by atoms with E-state index in [0.29, 0.717) is 0 Å². The minimum Gasteiger partial charge on any atom is -0.356 e. The van der Waals surface area contributed by atoms with Gasteiger partial charge in [0.05, 0.1) is 11.4 Å². The van der Waals surface area contributed by atoms with Crippen molar-refractivity contribution in [1.29, 1.82) is 0 Å². The lowest BCUT2D eigenvalue weighted by molar-refractivity contribution is 0.627. The Morgan fingerprint density at radius 1 is 0.963 bits per heavy atom. The first-order valence-corrected chi connectivity index (χ1v) is 9.03. The van der Waals surface area contributed by atoms with Gasteiger partial charge in [-0.15, -0.1) is 0 Å². The van der Waals surface area contributed by atoms with Crippen LogP contribution in [-0.2, 0) is 12.8 Å². The summed E-state index contributed by atoms with van der Waals surface area (Å²) >= 11 is 0. The number of nitrogens with zero attached hydrogens (tertiary/aromatic N) is 3. The topological polar surface area (TPSA) is 54.2 Å². The maximum absolute atomic E-state index is 13.0. The molecule has 3 rings (SSSR count). The first-order valence-electron chi connectivity index (χ1n) is 9.03. The van der Waals surface area contributed by atoms with E-state index in [4.69, 9.17) is 0 Å². The van der Waals surface area contributed by atoms with Gasteiger partial charge in [0.2, 0.25) is 0 Å². The molecule has 0 bridgehead atoms. The Morgan fingerprint density at radius 2 is 1.67 bits per heavy atom. The molecule has 2 aromatic carbocycles. The highest BCUT2D eigenvalue weighted by molar-refractivity contribution is 5.79. The monoisotopic (exact) mass is 365 g/mol. The van der Waals surface area contributed by atoms with Crippen molar-refractivity contribution in [2.24, 2.45) is 4.99 Å². The van der Waals surface area contributed by atoms with E-state index >= 15 is 0 Å². The average molecular weight is 365 g/mol. The number of nitrogens with one attached hydrogen (secondary N) is 2. The van der Waals surface area contributed by atoms with Gasteiger partial charge in [-0.25, -0.2) is 9.07 Å². The molecular weight excluding hydrogens is 341 g/mol. The second kappa shape index (κ2) is 9.52. The molecule has 0 aliphatic heterocycles. The Labute approximate surface area is 159 Å². The molecule has 0 spiro atoms. The fourth-order valence-corrected chi connectivity index (χ4v) is 2.73. The van der Waals surface area contributed by atoms with Crippen LogP contribution in [0.25, 0.3) is 5.69 Å². The van der Waals surface area contributed by atoms with Crippen LogP contribution in [0.15, 0.2) is 71.9 Å². The Hall–Kier alpha value is -3.15. The highest BCUT2D eigenvalue weighted by Gasteiger charge is 2.03. The first-order chi connectivity index (χ1) is 13.2. The van der Waals surface area contributed by atoms with Crippen molar-refractivity contribution in [3.8, 4) is 5.69 Å². The molecule has 0 radical (unpaired) electrons. The molecule has 0 saturated heterocycles. The highest BCUT2D eigenvalue weighted by Crippen LogP contribution is 2.09. The molecule has 140 valence electrons. The minimum absolute atomic E-state index is 0.249. The van der Waals surface area contributed by atoms with Gasteiger partial charge in [-0.05, 0) is 42.3 Å². The highest BCUT2D eigenvalue weighted by atomic mass is 19.1. The van der Waals surface area contributed by atoms with Gasteiger partial charge in [0.25, 0.3) is 0 Å². The third-order valence-corrected chi connectivity index (χ3v) is 4.18. The number of aromatic nitrogens is 2. The first kappa shape index (κ1) is 18.6. The number of benzene rings is 2. The predicted molar refractivity (Wildman–Crippen MR) is 107 cm³/mol. The summed E-state index contributed by atoms with van der Waals surface area (Å²) in [5.74, 6) is 0.533. The van der Waals surface area contributed by atoms with Crippen molar-refractivity contribution < 1.29 is 4.39 Å². The molecule has 1 heterocycles. The molecule has 0 aliphatic rings. The van der Waals surface area contributed by atoms with Gasteiger partial charge in [0.15, 0.2) is 5.96 Å². The standard InChI is InChI=1S/C21H24FN5/c1-23-21(24-14-11-17-5-3-2-4-6-17)25-15-12-19-13-16-27(26-19)20-9-7-18(22)8-10-20/h2-10,13,16H,11-12,14-15H2,1H3,(H2,23,24,25). The molecular formula is C21H24FN5. The Morgan fingerprint density at radius 3 is 2.37 bits per heavy atom. The third-order valence-electron chi connectivity index (χ3n) is 4.18. The third kappa shape index (κ3) is 5.67. The van der Waals surface area contributed by atoms with E-state index < -0.39 is 0 Å². The molecule has 0 aliphatic carbocycles. The number of halogens is 1. The van der Waals surface area contributed by atoms with Gasteiger partial charge in [-0.1, -0.05) is 30.3 Å². The van der Waals surface area contributed by atoms with Crippen LogP contribution in [0.2, 0.25) is 0 Å². The lowest BCUT2D eigenvalue weighted by atomic mass is 10.1. The smallest absolute Gasteiger partial charge is 0.190 e. The Balaban J connectivity index is 1.42. The molecule has 0 saturated carbocycles. The van der Waals surface area contributed by atoms with Crippen LogP contribution in [0.3, 0.4) is 0 Å². The average Bonchev–Trinajstić information content (AvgIpc) is 3.17. The van der Waals surface area contributed by atoms with Crippen molar-refractivity contribution in [3.63, 3.8) is 0 Å². The quantitative estimate of drug-likeness (QED) is 0.500. The summed E-state index contributed by atoms with van der Waals surface area (Å²) in [5, 5.41) is 11.1. The van der Waals surface area contributed by atoms with Crippen molar-refractivity contribution >= 4 is 5.96 Å². The maximum atomic E-state index is 13.0. The summed E-state index contributed by atoms with van der Waals surface area (Å²) in [7, 11) is 1.76.